The fraction of sp³-hybridized carbons (Fsp3) is 0.455. The maximum atomic E-state index is 13.4. The van der Waals surface area contributed by atoms with Crippen LogP contribution < -0.4 is 11.2 Å². The summed E-state index contributed by atoms with van der Waals surface area (Å²) in [6, 6.07) is 0. The number of aryl methyl sites for hydroxylation is 1. The zero-order valence-electron chi connectivity index (χ0n) is 9.57. The monoisotopic (exact) mass is 242 g/mol. The van der Waals surface area contributed by atoms with Gasteiger partial charge in [-0.1, -0.05) is 6.08 Å². The van der Waals surface area contributed by atoms with Crippen molar-refractivity contribution in [2.75, 3.05) is 6.61 Å². The van der Waals surface area contributed by atoms with Crippen molar-refractivity contribution in [3.63, 3.8) is 0 Å². The first kappa shape index (κ1) is 13.4. The fourth-order valence-electron chi connectivity index (χ4n) is 1.31. The van der Waals surface area contributed by atoms with Gasteiger partial charge in [-0.3, -0.25) is 14.3 Å². The SMILES string of the molecule is Cc1cn(C/C(F)=C/CCCO)c(=O)[nH]c1=O. The normalized spacial score (nSPS) is 11.8. The van der Waals surface area contributed by atoms with Crippen LogP contribution >= 0.6 is 0 Å². The van der Waals surface area contributed by atoms with Crippen molar-refractivity contribution in [3.8, 4) is 0 Å². The van der Waals surface area contributed by atoms with E-state index in [1.807, 2.05) is 0 Å². The van der Waals surface area contributed by atoms with E-state index in [1.165, 1.54) is 12.3 Å². The number of nitrogens with one attached hydrogen (secondary N) is 1. The number of aliphatic hydroxyl groups excluding tert-OH is 1. The van der Waals surface area contributed by atoms with Crippen molar-refractivity contribution in [2.24, 2.45) is 0 Å². The van der Waals surface area contributed by atoms with Crippen LogP contribution in [0, 0.1) is 6.92 Å². The number of nitrogens with zero attached hydrogens (tertiary/aromatic N) is 1. The van der Waals surface area contributed by atoms with Crippen LogP contribution in [0.1, 0.15) is 18.4 Å². The highest BCUT2D eigenvalue weighted by Gasteiger charge is 2.03. The maximum Gasteiger partial charge on any atom is 0.328 e. The predicted octanol–water partition coefficient (Wildman–Crippen LogP) is 0.471. The van der Waals surface area contributed by atoms with Gasteiger partial charge in [0.25, 0.3) is 5.56 Å². The molecule has 0 aliphatic rings. The summed E-state index contributed by atoms with van der Waals surface area (Å²) in [5.41, 5.74) is -0.741. The summed E-state index contributed by atoms with van der Waals surface area (Å²) < 4.78 is 14.5. The average Bonchev–Trinajstić information content (AvgIpc) is 2.26. The second kappa shape index (κ2) is 6.15. The summed E-state index contributed by atoms with van der Waals surface area (Å²) in [5.74, 6) is -0.466. The Bertz CT molecular complexity index is 516. The molecule has 0 aliphatic carbocycles. The summed E-state index contributed by atoms with van der Waals surface area (Å²) in [5, 5.41) is 8.53. The molecule has 17 heavy (non-hydrogen) atoms. The van der Waals surface area contributed by atoms with Crippen molar-refractivity contribution in [2.45, 2.75) is 26.3 Å². The number of hydrogen-bond donors (Lipinski definition) is 2. The lowest BCUT2D eigenvalue weighted by atomic mass is 10.3. The molecule has 6 heteroatoms. The Hall–Kier alpha value is -1.69. The summed E-state index contributed by atoms with van der Waals surface area (Å²) in [4.78, 5) is 24.5. The molecule has 0 bridgehead atoms. The molecule has 94 valence electrons. The van der Waals surface area contributed by atoms with Crippen LogP contribution in [-0.2, 0) is 6.54 Å². The van der Waals surface area contributed by atoms with Gasteiger partial charge in [-0.2, -0.15) is 0 Å². The second-order valence-corrected chi connectivity index (χ2v) is 3.72. The molecule has 0 saturated carbocycles. The molecule has 1 heterocycles. The number of H-pyrrole nitrogens is 1. The quantitative estimate of drug-likeness (QED) is 0.737. The zero-order chi connectivity index (χ0) is 12.8. The van der Waals surface area contributed by atoms with E-state index in [1.54, 1.807) is 6.92 Å². The number of allylic oxidation sites excluding steroid dienone is 2. The van der Waals surface area contributed by atoms with Gasteiger partial charge in [0.15, 0.2) is 0 Å². The average molecular weight is 242 g/mol. The highest BCUT2D eigenvalue weighted by Crippen LogP contribution is 2.03. The van der Waals surface area contributed by atoms with Crippen LogP contribution in [0.3, 0.4) is 0 Å². The molecule has 0 spiro atoms. The third-order valence-corrected chi connectivity index (χ3v) is 2.24. The Morgan fingerprint density at radius 1 is 1.59 bits per heavy atom. The van der Waals surface area contributed by atoms with E-state index in [9.17, 15) is 14.0 Å². The van der Waals surface area contributed by atoms with Crippen molar-refractivity contribution in [3.05, 3.63) is 44.5 Å². The van der Waals surface area contributed by atoms with Crippen LogP contribution in [0.4, 0.5) is 4.39 Å². The molecule has 0 unspecified atom stereocenters. The number of aliphatic hydroxyl groups is 1. The van der Waals surface area contributed by atoms with E-state index in [-0.39, 0.29) is 13.2 Å². The van der Waals surface area contributed by atoms with Gasteiger partial charge in [-0.15, -0.1) is 0 Å². The Balaban J connectivity index is 2.82. The minimum Gasteiger partial charge on any atom is -0.396 e. The Morgan fingerprint density at radius 2 is 2.29 bits per heavy atom. The molecule has 0 amide bonds. The smallest absolute Gasteiger partial charge is 0.328 e. The molecule has 5 nitrogen and oxygen atoms in total. The lowest BCUT2D eigenvalue weighted by Gasteiger charge is -2.03. The van der Waals surface area contributed by atoms with Crippen LogP contribution in [0.25, 0.3) is 0 Å². The lowest BCUT2D eigenvalue weighted by Crippen LogP contribution is -2.30. The molecule has 0 radical (unpaired) electrons. The zero-order valence-corrected chi connectivity index (χ0v) is 9.57. The molecular weight excluding hydrogens is 227 g/mol. The van der Waals surface area contributed by atoms with Crippen LogP contribution in [0.15, 0.2) is 27.7 Å². The molecule has 0 aromatic carbocycles. The van der Waals surface area contributed by atoms with Crippen molar-refractivity contribution >= 4 is 0 Å². The standard InChI is InChI=1S/C11H15FN2O3/c1-8-6-14(11(17)13-10(8)16)7-9(12)4-2-3-5-15/h4,6,15H,2-3,5,7H2,1H3,(H,13,16,17)/b9-4-. The number of aromatic nitrogens is 2. The Morgan fingerprint density at radius 3 is 2.94 bits per heavy atom. The van der Waals surface area contributed by atoms with E-state index in [0.717, 1.165) is 4.57 Å². The topological polar surface area (TPSA) is 75.1 Å². The lowest BCUT2D eigenvalue weighted by molar-refractivity contribution is 0.289. The number of rotatable bonds is 5. The highest BCUT2D eigenvalue weighted by molar-refractivity contribution is 5.02. The summed E-state index contributed by atoms with van der Waals surface area (Å²) in [6.07, 6.45) is 3.54. The number of hydrogen-bond acceptors (Lipinski definition) is 3. The van der Waals surface area contributed by atoms with Gasteiger partial charge in [-0.25, -0.2) is 9.18 Å². The van der Waals surface area contributed by atoms with Gasteiger partial charge in [0, 0.05) is 18.4 Å². The van der Waals surface area contributed by atoms with Crippen LogP contribution in [0.2, 0.25) is 0 Å². The Labute approximate surface area is 97.2 Å². The fourth-order valence-corrected chi connectivity index (χ4v) is 1.31. The summed E-state index contributed by atoms with van der Waals surface area (Å²) >= 11 is 0. The Kier molecular flexibility index (Phi) is 4.84. The number of halogens is 1. The van der Waals surface area contributed by atoms with Gasteiger partial charge in [0.05, 0.1) is 6.54 Å². The van der Waals surface area contributed by atoms with E-state index in [4.69, 9.17) is 5.11 Å². The van der Waals surface area contributed by atoms with Crippen LogP contribution in [-0.4, -0.2) is 21.3 Å². The first-order valence-electron chi connectivity index (χ1n) is 5.30. The number of unbranched alkanes of at least 4 members (excludes halogenated alkanes) is 1. The van der Waals surface area contributed by atoms with Gasteiger partial charge in [0.1, 0.15) is 5.83 Å². The molecule has 0 atom stereocenters. The highest BCUT2D eigenvalue weighted by atomic mass is 19.1. The number of aromatic amines is 1. The van der Waals surface area contributed by atoms with Crippen molar-refractivity contribution < 1.29 is 9.50 Å². The van der Waals surface area contributed by atoms with E-state index in [2.05, 4.69) is 4.98 Å². The van der Waals surface area contributed by atoms with Crippen molar-refractivity contribution in [1.82, 2.24) is 9.55 Å². The molecular formula is C11H15FN2O3. The molecule has 0 fully saturated rings. The van der Waals surface area contributed by atoms with E-state index < -0.39 is 17.1 Å². The first-order chi connectivity index (χ1) is 8.04. The van der Waals surface area contributed by atoms with Gasteiger partial charge >= 0.3 is 5.69 Å². The van der Waals surface area contributed by atoms with E-state index >= 15 is 0 Å². The van der Waals surface area contributed by atoms with Gasteiger partial charge in [0.2, 0.25) is 0 Å². The molecule has 0 saturated heterocycles. The first-order valence-corrected chi connectivity index (χ1v) is 5.30. The molecule has 1 aromatic heterocycles. The third kappa shape index (κ3) is 3.99. The van der Waals surface area contributed by atoms with E-state index in [0.29, 0.717) is 18.4 Å². The summed E-state index contributed by atoms with van der Waals surface area (Å²) in [6.45, 7) is 1.34. The van der Waals surface area contributed by atoms with Crippen molar-refractivity contribution in [1.29, 1.82) is 0 Å². The third-order valence-electron chi connectivity index (χ3n) is 2.24. The second-order valence-electron chi connectivity index (χ2n) is 3.72. The summed E-state index contributed by atoms with van der Waals surface area (Å²) in [7, 11) is 0. The molecule has 2 N–H and O–H groups in total. The van der Waals surface area contributed by atoms with Crippen LogP contribution in [0.5, 0.6) is 0 Å². The minimum atomic E-state index is -0.633. The maximum absolute atomic E-state index is 13.4. The van der Waals surface area contributed by atoms with Gasteiger partial charge < -0.3 is 5.11 Å². The minimum absolute atomic E-state index is 0.00148. The molecule has 1 aromatic rings. The largest absolute Gasteiger partial charge is 0.396 e. The molecule has 1 rings (SSSR count). The predicted molar refractivity (Wildman–Crippen MR) is 61.6 cm³/mol. The molecule has 0 aliphatic heterocycles. The van der Waals surface area contributed by atoms with Gasteiger partial charge in [-0.05, 0) is 19.8 Å².